The smallest absolute Gasteiger partial charge is 0.262 e. The number of hydrogen-bond donors (Lipinski definition) is 2. The van der Waals surface area contributed by atoms with Gasteiger partial charge in [0.2, 0.25) is 0 Å². The molecular formula is C28H25Br2Cl2N3O4. The van der Waals surface area contributed by atoms with Crippen LogP contribution in [0.5, 0.6) is 11.5 Å². The van der Waals surface area contributed by atoms with Crippen LogP contribution >= 0.6 is 55.1 Å². The van der Waals surface area contributed by atoms with E-state index in [1.165, 1.54) is 12.3 Å². The molecule has 0 saturated heterocycles. The van der Waals surface area contributed by atoms with Crippen LogP contribution < -0.4 is 20.2 Å². The first-order chi connectivity index (χ1) is 18.7. The monoisotopic (exact) mass is 695 g/mol. The van der Waals surface area contributed by atoms with Crippen LogP contribution in [-0.2, 0) is 16.0 Å². The van der Waals surface area contributed by atoms with Crippen molar-refractivity contribution in [3.63, 3.8) is 0 Å². The van der Waals surface area contributed by atoms with Crippen LogP contribution in [0.2, 0.25) is 10.0 Å². The molecule has 0 unspecified atom stereocenters. The summed E-state index contributed by atoms with van der Waals surface area (Å²) in [6, 6.07) is 16.7. The van der Waals surface area contributed by atoms with Gasteiger partial charge in [-0.05, 0) is 80.2 Å². The number of nitrogens with zero attached hydrogens (tertiary/aromatic N) is 1. The zero-order valence-electron chi connectivity index (χ0n) is 20.8. The Morgan fingerprint density at radius 1 is 1.05 bits per heavy atom. The summed E-state index contributed by atoms with van der Waals surface area (Å²) in [4.78, 5) is 26.0. The first-order valence-corrected chi connectivity index (χ1v) is 14.0. The molecule has 3 aromatic carbocycles. The highest BCUT2D eigenvalue weighted by molar-refractivity contribution is 9.11. The maximum absolute atomic E-state index is 13.1. The third-order valence-electron chi connectivity index (χ3n) is 5.24. The highest BCUT2D eigenvalue weighted by atomic mass is 79.9. The third-order valence-corrected chi connectivity index (χ3v) is 6.95. The summed E-state index contributed by atoms with van der Waals surface area (Å²) in [7, 11) is 0. The predicted octanol–water partition coefficient (Wildman–Crippen LogP) is 6.73. The number of hydrazone groups is 1. The van der Waals surface area contributed by atoms with E-state index in [1.807, 2.05) is 30.3 Å². The number of hydrogen-bond acceptors (Lipinski definition) is 5. The molecule has 0 saturated carbocycles. The van der Waals surface area contributed by atoms with Gasteiger partial charge in [0.1, 0.15) is 24.1 Å². The molecule has 0 aliphatic heterocycles. The van der Waals surface area contributed by atoms with Crippen LogP contribution in [0.25, 0.3) is 0 Å². The zero-order chi connectivity index (χ0) is 28.4. The second kappa shape index (κ2) is 15.1. The molecule has 0 aliphatic carbocycles. The van der Waals surface area contributed by atoms with Crippen molar-refractivity contribution in [1.29, 1.82) is 0 Å². The van der Waals surface area contributed by atoms with Gasteiger partial charge in [-0.1, -0.05) is 66.2 Å². The van der Waals surface area contributed by atoms with Gasteiger partial charge in [0, 0.05) is 11.4 Å². The summed E-state index contributed by atoms with van der Waals surface area (Å²) in [5.74, 6) is -0.0677. The summed E-state index contributed by atoms with van der Waals surface area (Å²) < 4.78 is 12.7. The average molecular weight is 698 g/mol. The van der Waals surface area contributed by atoms with E-state index >= 15 is 0 Å². The van der Waals surface area contributed by atoms with Crippen LogP contribution in [-0.4, -0.2) is 36.8 Å². The number of carbonyl (C=O) groups is 2. The Labute approximate surface area is 253 Å². The van der Waals surface area contributed by atoms with E-state index in [9.17, 15) is 9.59 Å². The third kappa shape index (κ3) is 9.39. The Morgan fingerprint density at radius 2 is 1.74 bits per heavy atom. The highest BCUT2D eigenvalue weighted by Gasteiger charge is 2.25. The molecule has 0 heterocycles. The first-order valence-electron chi connectivity index (χ1n) is 11.7. The molecule has 0 radical (unpaired) electrons. The lowest BCUT2D eigenvalue weighted by Gasteiger charge is -2.21. The molecule has 2 N–H and O–H groups in total. The standard InChI is InChI=1S/C28H25Br2Cl2N3O4/c1-3-11-38-26-21(29)12-19(13-22(26)30)16-33-35-28(37)24(14-18-7-5-4-6-8-18)34-27(36)17(2)39-25-10-9-20(31)15-23(25)32/h3-10,12-13,15-17,24H,1,11,14H2,2H3,(H,34,36)(H,35,37)/b33-16-/t17-,24+/m0/s1. The van der Waals surface area contributed by atoms with Gasteiger partial charge in [-0.2, -0.15) is 5.10 Å². The van der Waals surface area contributed by atoms with Crippen molar-refractivity contribution in [3.8, 4) is 11.5 Å². The largest absolute Gasteiger partial charge is 0.487 e. The molecule has 11 heteroatoms. The van der Waals surface area contributed by atoms with Crippen molar-refractivity contribution in [2.45, 2.75) is 25.5 Å². The van der Waals surface area contributed by atoms with Crippen LogP contribution in [0.1, 0.15) is 18.1 Å². The van der Waals surface area contributed by atoms with Crippen molar-refractivity contribution in [2.75, 3.05) is 6.61 Å². The molecule has 0 fully saturated rings. The van der Waals surface area contributed by atoms with E-state index < -0.39 is 24.0 Å². The Hall–Kier alpha value is -2.85. The van der Waals surface area contributed by atoms with Crippen molar-refractivity contribution >= 4 is 73.1 Å². The van der Waals surface area contributed by atoms with Gasteiger partial charge in [-0.25, -0.2) is 5.43 Å². The zero-order valence-corrected chi connectivity index (χ0v) is 25.5. The van der Waals surface area contributed by atoms with Gasteiger partial charge in [-0.15, -0.1) is 0 Å². The average Bonchev–Trinajstić information content (AvgIpc) is 2.90. The number of rotatable bonds is 12. The summed E-state index contributed by atoms with van der Waals surface area (Å²) in [5, 5.41) is 7.55. The lowest BCUT2D eigenvalue weighted by atomic mass is 10.1. The highest BCUT2D eigenvalue weighted by Crippen LogP contribution is 2.34. The molecule has 204 valence electrons. The minimum Gasteiger partial charge on any atom is -0.487 e. The second-order valence-corrected chi connectivity index (χ2v) is 10.8. The number of halogens is 4. The van der Waals surface area contributed by atoms with E-state index in [2.05, 4.69) is 54.3 Å². The van der Waals surface area contributed by atoms with E-state index in [4.69, 9.17) is 32.7 Å². The SMILES string of the molecule is C=CCOc1c(Br)cc(/C=N\NC(=O)[C@@H](Cc2ccccc2)NC(=O)[C@H](C)Oc2ccc(Cl)cc2Cl)cc1Br. The van der Waals surface area contributed by atoms with E-state index in [1.54, 1.807) is 37.3 Å². The van der Waals surface area contributed by atoms with Gasteiger partial charge in [-0.3, -0.25) is 9.59 Å². The summed E-state index contributed by atoms with van der Waals surface area (Å²) >= 11 is 19.0. The first kappa shape index (κ1) is 30.7. The Balaban J connectivity index is 1.70. The van der Waals surface area contributed by atoms with Gasteiger partial charge >= 0.3 is 0 Å². The fourth-order valence-electron chi connectivity index (χ4n) is 3.35. The molecule has 0 bridgehead atoms. The summed E-state index contributed by atoms with van der Waals surface area (Å²) in [6.45, 7) is 5.56. The molecule has 0 aliphatic rings. The maximum Gasteiger partial charge on any atom is 0.262 e. The molecule has 39 heavy (non-hydrogen) atoms. The lowest BCUT2D eigenvalue weighted by Crippen LogP contribution is -2.50. The van der Waals surface area contributed by atoms with Crippen molar-refractivity contribution in [3.05, 3.63) is 103 Å². The van der Waals surface area contributed by atoms with Gasteiger partial charge in [0.25, 0.3) is 11.8 Å². The molecule has 2 atom stereocenters. The fraction of sp³-hybridized carbons (Fsp3) is 0.179. The molecule has 7 nitrogen and oxygen atoms in total. The van der Waals surface area contributed by atoms with Crippen LogP contribution in [0.15, 0.2) is 87.4 Å². The minimum absolute atomic E-state index is 0.245. The van der Waals surface area contributed by atoms with E-state index in [-0.39, 0.29) is 11.4 Å². The van der Waals surface area contributed by atoms with Crippen molar-refractivity contribution in [1.82, 2.24) is 10.7 Å². The summed E-state index contributed by atoms with van der Waals surface area (Å²) in [6.07, 6.45) is 2.44. The Kier molecular flexibility index (Phi) is 11.9. The molecule has 0 spiro atoms. The molecular weight excluding hydrogens is 673 g/mol. The number of nitrogens with one attached hydrogen (secondary N) is 2. The number of amides is 2. The number of carbonyl (C=O) groups excluding carboxylic acids is 2. The van der Waals surface area contributed by atoms with Crippen LogP contribution in [0.4, 0.5) is 0 Å². The van der Waals surface area contributed by atoms with Gasteiger partial charge in [0.05, 0.1) is 20.2 Å². The molecule has 0 aromatic heterocycles. The van der Waals surface area contributed by atoms with E-state index in [0.717, 1.165) is 5.56 Å². The molecule has 3 aromatic rings. The van der Waals surface area contributed by atoms with Crippen molar-refractivity contribution < 1.29 is 19.1 Å². The quantitative estimate of drug-likeness (QED) is 0.125. The maximum atomic E-state index is 13.1. The molecule has 2 amide bonds. The summed E-state index contributed by atoms with van der Waals surface area (Å²) in [5.41, 5.74) is 4.07. The van der Waals surface area contributed by atoms with Crippen molar-refractivity contribution in [2.24, 2.45) is 5.10 Å². The van der Waals surface area contributed by atoms with Crippen LogP contribution in [0, 0.1) is 0 Å². The second-order valence-electron chi connectivity index (χ2n) is 8.23. The normalized spacial score (nSPS) is 12.4. The number of benzene rings is 3. The van der Waals surface area contributed by atoms with Crippen LogP contribution in [0.3, 0.4) is 0 Å². The Bertz CT molecular complexity index is 1330. The number of ether oxygens (including phenoxy) is 2. The minimum atomic E-state index is -0.935. The van der Waals surface area contributed by atoms with Gasteiger partial charge in [0.15, 0.2) is 6.10 Å². The molecule has 3 rings (SSSR count). The van der Waals surface area contributed by atoms with E-state index in [0.29, 0.717) is 37.6 Å². The fourth-order valence-corrected chi connectivity index (χ4v) is 5.25. The predicted molar refractivity (Wildman–Crippen MR) is 162 cm³/mol. The Morgan fingerprint density at radius 3 is 2.38 bits per heavy atom. The topological polar surface area (TPSA) is 89.0 Å². The van der Waals surface area contributed by atoms with Gasteiger partial charge < -0.3 is 14.8 Å². The lowest BCUT2D eigenvalue weighted by molar-refractivity contribution is -0.132.